The predicted octanol–water partition coefficient (Wildman–Crippen LogP) is 3.41. The van der Waals surface area contributed by atoms with Crippen molar-refractivity contribution in [2.24, 2.45) is 5.73 Å². The van der Waals surface area contributed by atoms with Crippen LogP contribution in [0.1, 0.15) is 23.6 Å². The summed E-state index contributed by atoms with van der Waals surface area (Å²) in [7, 11) is -2.78. The van der Waals surface area contributed by atoms with Crippen molar-refractivity contribution in [3.63, 3.8) is 0 Å². The Bertz CT molecular complexity index is 943. The minimum Gasteiger partial charge on any atom is -0.323 e. The van der Waals surface area contributed by atoms with E-state index in [9.17, 15) is 31.7 Å². The van der Waals surface area contributed by atoms with Gasteiger partial charge < -0.3 is 5.73 Å². The molecule has 0 unspecified atom stereocenters. The van der Waals surface area contributed by atoms with Crippen molar-refractivity contribution in [3.8, 4) is 0 Å². The van der Waals surface area contributed by atoms with Crippen LogP contribution in [0, 0.1) is 15.9 Å². The molecule has 0 aliphatic heterocycles. The topological polar surface area (TPSA) is 107 Å². The Hall–Kier alpha value is -2.21. The number of rotatable bonds is 7. The second-order valence-corrected chi connectivity index (χ2v) is 7.77. The standard InChI is InChI=1S/C16H16F3N3O4S.ClH/c1-21(27(25,26)12-5-3-11(4-6-12)22(23)24)9-15(20)10-2-7-14(17)13(8-10)16(18)19;/h2-8,15-16H,9,20H2,1H3;1H/t15-;/m1./s1. The molecule has 0 saturated carbocycles. The maximum absolute atomic E-state index is 13.4. The Kier molecular flexibility index (Phi) is 7.94. The van der Waals surface area contributed by atoms with Crippen LogP contribution < -0.4 is 5.73 Å². The highest BCUT2D eigenvalue weighted by Crippen LogP contribution is 2.26. The Morgan fingerprint density at radius 1 is 1.18 bits per heavy atom. The fourth-order valence-electron chi connectivity index (χ4n) is 2.36. The van der Waals surface area contributed by atoms with Crippen LogP contribution in [-0.4, -0.2) is 31.2 Å². The summed E-state index contributed by atoms with van der Waals surface area (Å²) in [5.41, 5.74) is 4.96. The average molecular weight is 440 g/mol. The van der Waals surface area contributed by atoms with Crippen LogP contribution >= 0.6 is 12.4 Å². The SMILES string of the molecule is CN(C[C@@H](N)c1ccc(F)c(C(F)F)c1)S(=O)(=O)c1ccc([N+](=O)[O-])cc1.Cl. The van der Waals surface area contributed by atoms with Crippen molar-refractivity contribution in [2.45, 2.75) is 17.4 Å². The first-order valence-corrected chi connectivity index (χ1v) is 9.02. The van der Waals surface area contributed by atoms with Gasteiger partial charge in [0.2, 0.25) is 10.0 Å². The zero-order chi connectivity index (χ0) is 20.4. The lowest BCUT2D eigenvalue weighted by Crippen LogP contribution is -2.34. The highest BCUT2D eigenvalue weighted by molar-refractivity contribution is 7.89. The summed E-state index contributed by atoms with van der Waals surface area (Å²) in [6, 6.07) is 6.24. The van der Waals surface area contributed by atoms with Crippen molar-refractivity contribution in [3.05, 3.63) is 69.5 Å². The molecular formula is C16H17ClF3N3O4S. The van der Waals surface area contributed by atoms with Crippen molar-refractivity contribution in [2.75, 3.05) is 13.6 Å². The number of nitrogens with two attached hydrogens (primary N) is 1. The van der Waals surface area contributed by atoms with E-state index in [1.165, 1.54) is 13.1 Å². The Morgan fingerprint density at radius 3 is 2.25 bits per heavy atom. The quantitative estimate of drug-likeness (QED) is 0.525. The molecule has 28 heavy (non-hydrogen) atoms. The first kappa shape index (κ1) is 23.8. The molecule has 2 N–H and O–H groups in total. The number of hydrogen-bond donors (Lipinski definition) is 1. The number of sulfonamides is 1. The van der Waals surface area contributed by atoms with Gasteiger partial charge in [0.25, 0.3) is 12.1 Å². The normalized spacial score (nSPS) is 12.7. The number of hydrogen-bond acceptors (Lipinski definition) is 5. The molecule has 1 atom stereocenters. The minimum atomic E-state index is -4.01. The Labute approximate surface area is 165 Å². The van der Waals surface area contributed by atoms with E-state index in [2.05, 4.69) is 0 Å². The molecule has 154 valence electrons. The van der Waals surface area contributed by atoms with Crippen LogP contribution in [0.25, 0.3) is 0 Å². The first-order valence-electron chi connectivity index (χ1n) is 7.58. The average Bonchev–Trinajstić information content (AvgIpc) is 2.61. The molecule has 0 amide bonds. The van der Waals surface area contributed by atoms with Crippen LogP contribution in [0.2, 0.25) is 0 Å². The molecule has 0 spiro atoms. The summed E-state index contributed by atoms with van der Waals surface area (Å²) < 4.78 is 64.9. The van der Waals surface area contributed by atoms with E-state index in [4.69, 9.17) is 5.73 Å². The van der Waals surface area contributed by atoms with E-state index in [0.717, 1.165) is 40.7 Å². The van der Waals surface area contributed by atoms with Crippen LogP contribution in [0.3, 0.4) is 0 Å². The van der Waals surface area contributed by atoms with Crippen molar-refractivity contribution >= 4 is 28.1 Å². The van der Waals surface area contributed by atoms with Gasteiger partial charge in [-0.1, -0.05) is 6.07 Å². The molecule has 0 aliphatic rings. The van der Waals surface area contributed by atoms with Gasteiger partial charge in [0.15, 0.2) is 0 Å². The fourth-order valence-corrected chi connectivity index (χ4v) is 3.56. The first-order chi connectivity index (χ1) is 12.5. The number of non-ortho nitro benzene ring substituents is 1. The van der Waals surface area contributed by atoms with Crippen molar-refractivity contribution in [1.82, 2.24) is 4.31 Å². The van der Waals surface area contributed by atoms with E-state index in [1.807, 2.05) is 0 Å². The zero-order valence-electron chi connectivity index (χ0n) is 14.5. The molecule has 0 fully saturated rings. The Balaban J connectivity index is 0.00000392. The number of nitro groups is 1. The molecule has 0 radical (unpaired) electrons. The van der Waals surface area contributed by atoms with E-state index < -0.39 is 38.8 Å². The van der Waals surface area contributed by atoms with Gasteiger partial charge in [0.1, 0.15) is 5.82 Å². The lowest BCUT2D eigenvalue weighted by Gasteiger charge is -2.22. The maximum Gasteiger partial charge on any atom is 0.269 e. The highest BCUT2D eigenvalue weighted by atomic mass is 35.5. The second-order valence-electron chi connectivity index (χ2n) is 5.72. The molecule has 7 nitrogen and oxygen atoms in total. The molecular weight excluding hydrogens is 423 g/mol. The predicted molar refractivity (Wildman–Crippen MR) is 98.4 cm³/mol. The zero-order valence-corrected chi connectivity index (χ0v) is 16.1. The number of alkyl halides is 2. The van der Waals surface area contributed by atoms with Gasteiger partial charge in [-0.25, -0.2) is 21.6 Å². The van der Waals surface area contributed by atoms with Crippen LogP contribution in [0.4, 0.5) is 18.9 Å². The largest absolute Gasteiger partial charge is 0.323 e. The molecule has 2 rings (SSSR count). The van der Waals surface area contributed by atoms with Crippen molar-refractivity contribution in [1.29, 1.82) is 0 Å². The summed E-state index contributed by atoms with van der Waals surface area (Å²) in [6.45, 7) is -0.270. The Morgan fingerprint density at radius 2 is 1.75 bits per heavy atom. The highest BCUT2D eigenvalue weighted by Gasteiger charge is 2.25. The van der Waals surface area contributed by atoms with E-state index in [1.54, 1.807) is 0 Å². The number of nitrogens with zero attached hydrogens (tertiary/aromatic N) is 2. The lowest BCUT2D eigenvalue weighted by molar-refractivity contribution is -0.384. The monoisotopic (exact) mass is 439 g/mol. The van der Waals surface area contributed by atoms with E-state index >= 15 is 0 Å². The maximum atomic E-state index is 13.4. The van der Waals surface area contributed by atoms with Gasteiger partial charge in [0.05, 0.1) is 15.4 Å². The summed E-state index contributed by atoms with van der Waals surface area (Å²) in [4.78, 5) is 9.80. The van der Waals surface area contributed by atoms with Gasteiger partial charge in [0, 0.05) is 31.8 Å². The fraction of sp³-hybridized carbons (Fsp3) is 0.250. The summed E-state index contributed by atoms with van der Waals surface area (Å²) in [6.07, 6.45) is -3.03. The van der Waals surface area contributed by atoms with E-state index in [0.29, 0.717) is 0 Å². The number of nitro benzene ring substituents is 1. The summed E-state index contributed by atoms with van der Waals surface area (Å²) in [5.74, 6) is -1.08. The van der Waals surface area contributed by atoms with Crippen LogP contribution in [-0.2, 0) is 10.0 Å². The molecule has 2 aromatic rings. The summed E-state index contributed by atoms with van der Waals surface area (Å²) >= 11 is 0. The third kappa shape index (κ3) is 5.19. The number of likely N-dealkylation sites (N-methyl/N-ethyl adjacent to an activating group) is 1. The lowest BCUT2D eigenvalue weighted by atomic mass is 10.0. The van der Waals surface area contributed by atoms with Gasteiger partial charge in [-0.15, -0.1) is 12.4 Å². The van der Waals surface area contributed by atoms with E-state index in [-0.39, 0.29) is 35.1 Å². The molecule has 2 aromatic carbocycles. The number of benzene rings is 2. The smallest absolute Gasteiger partial charge is 0.269 e. The molecule has 0 bridgehead atoms. The molecule has 0 aromatic heterocycles. The van der Waals surface area contributed by atoms with Crippen LogP contribution in [0.15, 0.2) is 47.4 Å². The molecule has 12 heteroatoms. The van der Waals surface area contributed by atoms with Crippen LogP contribution in [0.5, 0.6) is 0 Å². The van der Waals surface area contributed by atoms with Gasteiger partial charge >= 0.3 is 0 Å². The van der Waals surface area contributed by atoms with Gasteiger partial charge in [-0.3, -0.25) is 10.1 Å². The van der Waals surface area contributed by atoms with Gasteiger partial charge in [-0.2, -0.15) is 4.31 Å². The van der Waals surface area contributed by atoms with Crippen molar-refractivity contribution < 1.29 is 26.5 Å². The molecule has 0 saturated heterocycles. The second kappa shape index (κ2) is 9.32. The summed E-state index contributed by atoms with van der Waals surface area (Å²) in [5, 5.41) is 10.6. The number of halogens is 4. The minimum absolute atomic E-state index is 0. The van der Waals surface area contributed by atoms with Gasteiger partial charge in [-0.05, 0) is 29.8 Å². The molecule has 0 aliphatic carbocycles. The molecule has 0 heterocycles. The third-order valence-electron chi connectivity index (χ3n) is 3.89. The third-order valence-corrected chi connectivity index (χ3v) is 5.73.